The summed E-state index contributed by atoms with van der Waals surface area (Å²) in [4.78, 5) is 16.8. The summed E-state index contributed by atoms with van der Waals surface area (Å²) >= 11 is 0. The smallest absolute Gasteiger partial charge is 0.307 e. The van der Waals surface area contributed by atoms with Gasteiger partial charge >= 0.3 is 5.91 Å². The summed E-state index contributed by atoms with van der Waals surface area (Å²) in [5.74, 6) is -0.110. The summed E-state index contributed by atoms with van der Waals surface area (Å²) in [6.07, 6.45) is 7.35. The van der Waals surface area contributed by atoms with E-state index in [1.165, 1.54) is 28.8 Å². The number of anilines is 1. The third-order valence-electron chi connectivity index (χ3n) is 6.09. The second-order valence-electron chi connectivity index (χ2n) is 8.08. The highest BCUT2D eigenvalue weighted by molar-refractivity contribution is 5.92. The average Bonchev–Trinajstić information content (AvgIpc) is 3.52. The van der Waals surface area contributed by atoms with Crippen LogP contribution in [0.1, 0.15) is 42.8 Å². The molecule has 1 fully saturated rings. The first-order chi connectivity index (χ1) is 16.2. The standard InChI is InChI=1S/C26H32N4O3/c1-3-29(4-2)23-11-7-20(8-12-23)18-21-9-10-22(25(21)30-13-16-32-17-14-30)19-27-28-26(31)24-6-5-15-33-24/h5-8,11-12,15,18-19H,3-4,9-10,13-14,16-17H2,1-2H3,(H,28,31)/b21-18-,27-19?. The molecule has 0 spiro atoms. The molecule has 1 aromatic heterocycles. The van der Waals surface area contributed by atoms with Crippen LogP contribution < -0.4 is 10.3 Å². The quantitative estimate of drug-likeness (QED) is 0.482. The van der Waals surface area contributed by atoms with Crippen molar-refractivity contribution in [2.24, 2.45) is 5.10 Å². The summed E-state index contributed by atoms with van der Waals surface area (Å²) < 4.78 is 10.7. The molecule has 4 rings (SSSR count). The number of furan rings is 1. The number of nitrogens with zero attached hydrogens (tertiary/aromatic N) is 3. The molecule has 1 amide bonds. The first-order valence-corrected chi connectivity index (χ1v) is 11.7. The molecule has 1 aliphatic heterocycles. The molecule has 0 atom stereocenters. The Morgan fingerprint density at radius 2 is 1.88 bits per heavy atom. The maximum absolute atomic E-state index is 12.1. The van der Waals surface area contributed by atoms with Crippen LogP contribution in [0.2, 0.25) is 0 Å². The molecule has 0 bridgehead atoms. The second kappa shape index (κ2) is 11.0. The lowest BCUT2D eigenvalue weighted by Gasteiger charge is -2.31. The van der Waals surface area contributed by atoms with E-state index in [9.17, 15) is 4.79 Å². The van der Waals surface area contributed by atoms with Crippen LogP contribution in [0.5, 0.6) is 0 Å². The second-order valence-corrected chi connectivity index (χ2v) is 8.08. The van der Waals surface area contributed by atoms with Gasteiger partial charge in [-0.2, -0.15) is 5.10 Å². The Morgan fingerprint density at radius 1 is 1.12 bits per heavy atom. The van der Waals surface area contributed by atoms with Crippen LogP contribution in [0.4, 0.5) is 5.69 Å². The van der Waals surface area contributed by atoms with Crippen LogP contribution in [-0.2, 0) is 4.74 Å². The Hall–Kier alpha value is -3.32. The molecule has 7 nitrogen and oxygen atoms in total. The van der Waals surface area contributed by atoms with Gasteiger partial charge in [-0.15, -0.1) is 0 Å². The summed E-state index contributed by atoms with van der Waals surface area (Å²) in [5.41, 5.74) is 8.64. The van der Waals surface area contributed by atoms with Crippen molar-refractivity contribution in [3.8, 4) is 0 Å². The Bertz CT molecular complexity index is 1010. The van der Waals surface area contributed by atoms with Crippen molar-refractivity contribution in [2.45, 2.75) is 26.7 Å². The number of ether oxygens (including phenoxy) is 1. The molecule has 2 heterocycles. The van der Waals surface area contributed by atoms with Gasteiger partial charge in [-0.1, -0.05) is 12.1 Å². The molecule has 1 aliphatic carbocycles. The fourth-order valence-corrected chi connectivity index (χ4v) is 4.37. The SMILES string of the molecule is CCN(CC)c1ccc(/C=C2/CCC(C=NNC(=O)c3ccco3)=C2N2CCOCC2)cc1. The minimum absolute atomic E-state index is 0.245. The van der Waals surface area contributed by atoms with Gasteiger partial charge in [-0.3, -0.25) is 4.79 Å². The monoisotopic (exact) mass is 448 g/mol. The van der Waals surface area contributed by atoms with Gasteiger partial charge in [0, 0.05) is 37.6 Å². The number of nitrogens with one attached hydrogen (secondary N) is 1. The van der Waals surface area contributed by atoms with Crippen molar-refractivity contribution >= 4 is 23.9 Å². The number of morpholine rings is 1. The van der Waals surface area contributed by atoms with E-state index in [4.69, 9.17) is 9.15 Å². The average molecular weight is 449 g/mol. The van der Waals surface area contributed by atoms with E-state index >= 15 is 0 Å². The number of carbonyl (C=O) groups is 1. The summed E-state index contributed by atoms with van der Waals surface area (Å²) in [5, 5.41) is 4.21. The molecule has 0 saturated carbocycles. The van der Waals surface area contributed by atoms with Gasteiger partial charge in [0.25, 0.3) is 0 Å². The Balaban J connectivity index is 1.56. The number of hydrazone groups is 1. The predicted octanol–water partition coefficient (Wildman–Crippen LogP) is 4.31. The highest BCUT2D eigenvalue weighted by Crippen LogP contribution is 2.35. The summed E-state index contributed by atoms with van der Waals surface area (Å²) in [7, 11) is 0. The molecule has 1 aromatic carbocycles. The molecular formula is C26H32N4O3. The van der Waals surface area contributed by atoms with Crippen molar-refractivity contribution in [2.75, 3.05) is 44.3 Å². The maximum Gasteiger partial charge on any atom is 0.307 e. The molecule has 174 valence electrons. The lowest BCUT2D eigenvalue weighted by Crippen LogP contribution is -2.36. The first kappa shape index (κ1) is 22.9. The van der Waals surface area contributed by atoms with Crippen molar-refractivity contribution < 1.29 is 13.9 Å². The van der Waals surface area contributed by atoms with E-state index in [-0.39, 0.29) is 11.7 Å². The molecular weight excluding hydrogens is 416 g/mol. The van der Waals surface area contributed by atoms with Crippen molar-refractivity contribution in [1.82, 2.24) is 10.3 Å². The van der Waals surface area contributed by atoms with Crippen molar-refractivity contribution in [3.63, 3.8) is 0 Å². The predicted molar refractivity (Wildman–Crippen MR) is 131 cm³/mol. The minimum atomic E-state index is -0.355. The number of allylic oxidation sites excluding steroid dienone is 2. The van der Waals surface area contributed by atoms with Gasteiger partial charge in [-0.05, 0) is 73.7 Å². The molecule has 2 aromatic rings. The zero-order chi connectivity index (χ0) is 23.0. The van der Waals surface area contributed by atoms with Gasteiger partial charge in [0.1, 0.15) is 0 Å². The van der Waals surface area contributed by atoms with Crippen LogP contribution in [0.25, 0.3) is 6.08 Å². The van der Waals surface area contributed by atoms with E-state index < -0.39 is 0 Å². The van der Waals surface area contributed by atoms with Gasteiger partial charge < -0.3 is 19.0 Å². The van der Waals surface area contributed by atoms with Crippen LogP contribution in [0.15, 0.2) is 69.0 Å². The zero-order valence-electron chi connectivity index (χ0n) is 19.4. The summed E-state index contributed by atoms with van der Waals surface area (Å²) in [6, 6.07) is 12.1. The molecule has 1 saturated heterocycles. The highest BCUT2D eigenvalue weighted by atomic mass is 16.5. The number of hydrogen-bond donors (Lipinski definition) is 1. The topological polar surface area (TPSA) is 70.3 Å². The molecule has 0 radical (unpaired) electrons. The zero-order valence-corrected chi connectivity index (χ0v) is 19.4. The van der Waals surface area contributed by atoms with E-state index in [1.54, 1.807) is 18.3 Å². The molecule has 7 heteroatoms. The molecule has 33 heavy (non-hydrogen) atoms. The Morgan fingerprint density at radius 3 is 2.55 bits per heavy atom. The summed E-state index contributed by atoms with van der Waals surface area (Å²) in [6.45, 7) is 9.49. The van der Waals surface area contributed by atoms with Crippen molar-refractivity contribution in [3.05, 3.63) is 70.8 Å². The van der Waals surface area contributed by atoms with Crippen LogP contribution in [0, 0.1) is 0 Å². The number of amides is 1. The number of rotatable bonds is 8. The molecule has 2 aliphatic rings. The highest BCUT2D eigenvalue weighted by Gasteiger charge is 2.25. The third-order valence-corrected chi connectivity index (χ3v) is 6.09. The lowest BCUT2D eigenvalue weighted by atomic mass is 10.1. The van der Waals surface area contributed by atoms with Crippen molar-refractivity contribution in [1.29, 1.82) is 0 Å². The van der Waals surface area contributed by atoms with Gasteiger partial charge in [0.2, 0.25) is 0 Å². The largest absolute Gasteiger partial charge is 0.459 e. The lowest BCUT2D eigenvalue weighted by molar-refractivity contribution is 0.0548. The fraction of sp³-hybridized carbons (Fsp3) is 0.385. The first-order valence-electron chi connectivity index (χ1n) is 11.7. The maximum atomic E-state index is 12.1. The normalized spacial score (nSPS) is 17.9. The van der Waals surface area contributed by atoms with E-state index in [2.05, 4.69) is 64.5 Å². The number of hydrogen-bond acceptors (Lipinski definition) is 6. The Kier molecular flexibility index (Phi) is 7.62. The van der Waals surface area contributed by atoms with Crippen LogP contribution in [0.3, 0.4) is 0 Å². The van der Waals surface area contributed by atoms with E-state index in [0.29, 0.717) is 0 Å². The third kappa shape index (κ3) is 5.54. The fourth-order valence-electron chi connectivity index (χ4n) is 4.37. The van der Waals surface area contributed by atoms with Gasteiger partial charge in [-0.25, -0.2) is 5.43 Å². The van der Waals surface area contributed by atoms with Crippen LogP contribution >= 0.6 is 0 Å². The van der Waals surface area contributed by atoms with Gasteiger partial charge in [0.15, 0.2) is 5.76 Å². The number of benzene rings is 1. The minimum Gasteiger partial charge on any atom is -0.459 e. The molecule has 1 N–H and O–H groups in total. The Labute approximate surface area is 195 Å². The van der Waals surface area contributed by atoms with Gasteiger partial charge in [0.05, 0.1) is 25.7 Å². The molecule has 0 unspecified atom stereocenters. The van der Waals surface area contributed by atoms with E-state index in [0.717, 1.165) is 57.8 Å². The number of carbonyl (C=O) groups excluding carboxylic acids is 1. The van der Waals surface area contributed by atoms with Crippen LogP contribution in [-0.4, -0.2) is 56.4 Å². The van der Waals surface area contributed by atoms with E-state index in [1.807, 2.05) is 0 Å².